The second-order valence-corrected chi connectivity index (χ2v) is 7.09. The van der Waals surface area contributed by atoms with Gasteiger partial charge in [-0.25, -0.2) is 8.42 Å². The third-order valence-corrected chi connectivity index (χ3v) is 5.02. The van der Waals surface area contributed by atoms with Gasteiger partial charge in [-0.1, -0.05) is 42.5 Å². The summed E-state index contributed by atoms with van der Waals surface area (Å²) in [5.74, 6) is 0.658. The number of para-hydroxylation sites is 1. The highest BCUT2D eigenvalue weighted by Crippen LogP contribution is 2.23. The maximum atomic E-state index is 12.4. The Balaban J connectivity index is 1.67. The molecule has 3 aromatic rings. The third-order valence-electron chi connectivity index (χ3n) is 3.56. The molecule has 0 saturated carbocycles. The molecule has 0 atom stereocenters. The number of nitrogen functional groups attached to an aromatic ring is 1. The first-order valence-corrected chi connectivity index (χ1v) is 9.17. The van der Waals surface area contributed by atoms with Gasteiger partial charge in [-0.05, 0) is 42.0 Å². The Morgan fingerprint density at radius 1 is 0.840 bits per heavy atom. The predicted molar refractivity (Wildman–Crippen MR) is 98.9 cm³/mol. The smallest absolute Gasteiger partial charge is 0.263 e. The minimum absolute atomic E-state index is 0.0550. The van der Waals surface area contributed by atoms with Crippen molar-refractivity contribution < 1.29 is 13.2 Å². The van der Waals surface area contributed by atoms with Gasteiger partial charge in [0, 0.05) is 5.69 Å². The number of hydrogen-bond donors (Lipinski definition) is 2. The molecule has 0 aromatic heterocycles. The van der Waals surface area contributed by atoms with Crippen LogP contribution in [0.5, 0.6) is 5.75 Å². The first-order valence-electron chi connectivity index (χ1n) is 7.69. The second kappa shape index (κ2) is 7.27. The van der Waals surface area contributed by atoms with Crippen molar-refractivity contribution in [2.75, 3.05) is 10.5 Å². The molecule has 128 valence electrons. The van der Waals surface area contributed by atoms with Crippen molar-refractivity contribution in [3.05, 3.63) is 84.4 Å². The first-order chi connectivity index (χ1) is 12.0. The molecule has 0 bridgehead atoms. The van der Waals surface area contributed by atoms with Crippen LogP contribution in [0.2, 0.25) is 0 Å². The molecule has 5 nitrogen and oxygen atoms in total. The van der Waals surface area contributed by atoms with Crippen molar-refractivity contribution in [1.82, 2.24) is 0 Å². The molecule has 0 aliphatic rings. The molecule has 25 heavy (non-hydrogen) atoms. The number of benzene rings is 3. The van der Waals surface area contributed by atoms with E-state index in [2.05, 4.69) is 4.72 Å². The summed E-state index contributed by atoms with van der Waals surface area (Å²) in [6.07, 6.45) is 0. The Kier molecular flexibility index (Phi) is 4.90. The Labute approximate surface area is 147 Å². The molecule has 3 N–H and O–H groups in total. The summed E-state index contributed by atoms with van der Waals surface area (Å²) in [5.41, 5.74) is 7.45. The quantitative estimate of drug-likeness (QED) is 0.662. The molecule has 0 heterocycles. The van der Waals surface area contributed by atoms with E-state index in [0.717, 1.165) is 5.56 Å². The SMILES string of the molecule is Nc1ccccc1S(=O)(=O)Nc1ccc(OCc2ccccc2)cc1. The van der Waals surface area contributed by atoms with Gasteiger partial charge in [-0.15, -0.1) is 0 Å². The van der Waals surface area contributed by atoms with E-state index in [4.69, 9.17) is 10.5 Å². The van der Waals surface area contributed by atoms with Gasteiger partial charge in [-0.3, -0.25) is 4.72 Å². The van der Waals surface area contributed by atoms with E-state index in [9.17, 15) is 8.42 Å². The summed E-state index contributed by atoms with van der Waals surface area (Å²) < 4.78 is 33.0. The van der Waals surface area contributed by atoms with E-state index >= 15 is 0 Å². The maximum absolute atomic E-state index is 12.4. The standard InChI is InChI=1S/C19H18N2O3S/c20-18-8-4-5-9-19(18)25(22,23)21-16-10-12-17(13-11-16)24-14-15-6-2-1-3-7-15/h1-13,21H,14,20H2. The molecule has 0 radical (unpaired) electrons. The van der Waals surface area contributed by atoms with Gasteiger partial charge in [0.2, 0.25) is 0 Å². The van der Waals surface area contributed by atoms with E-state index < -0.39 is 10.0 Å². The van der Waals surface area contributed by atoms with Crippen molar-refractivity contribution in [3.63, 3.8) is 0 Å². The molecule has 3 rings (SSSR count). The minimum Gasteiger partial charge on any atom is -0.489 e. The van der Waals surface area contributed by atoms with Crippen LogP contribution in [0.4, 0.5) is 11.4 Å². The topological polar surface area (TPSA) is 81.4 Å². The Morgan fingerprint density at radius 3 is 2.16 bits per heavy atom. The van der Waals surface area contributed by atoms with E-state index in [0.29, 0.717) is 18.0 Å². The molecule has 6 heteroatoms. The Morgan fingerprint density at radius 2 is 1.48 bits per heavy atom. The van der Waals surface area contributed by atoms with Crippen molar-refractivity contribution in [1.29, 1.82) is 0 Å². The van der Waals surface area contributed by atoms with Crippen molar-refractivity contribution in [3.8, 4) is 5.75 Å². The highest BCUT2D eigenvalue weighted by Gasteiger charge is 2.16. The molecular formula is C19H18N2O3S. The number of ether oxygens (including phenoxy) is 1. The summed E-state index contributed by atoms with van der Waals surface area (Å²) in [7, 11) is -3.73. The number of rotatable bonds is 6. The Bertz CT molecular complexity index is 940. The molecule has 0 spiro atoms. The zero-order chi connectivity index (χ0) is 17.7. The van der Waals surface area contributed by atoms with Crippen LogP contribution in [0.1, 0.15) is 5.56 Å². The molecule has 0 fully saturated rings. The lowest BCUT2D eigenvalue weighted by atomic mass is 10.2. The lowest BCUT2D eigenvalue weighted by Gasteiger charge is -2.11. The molecule has 3 aromatic carbocycles. The predicted octanol–water partition coefficient (Wildman–Crippen LogP) is 3.65. The van der Waals surface area contributed by atoms with E-state index in [1.807, 2.05) is 30.3 Å². The first kappa shape index (κ1) is 16.9. The van der Waals surface area contributed by atoms with Gasteiger partial charge >= 0.3 is 0 Å². The van der Waals surface area contributed by atoms with E-state index in [1.54, 1.807) is 42.5 Å². The maximum Gasteiger partial charge on any atom is 0.263 e. The molecule has 0 aliphatic carbocycles. The second-order valence-electron chi connectivity index (χ2n) is 5.44. The summed E-state index contributed by atoms with van der Waals surface area (Å²) in [4.78, 5) is 0.0550. The van der Waals surface area contributed by atoms with E-state index in [1.165, 1.54) is 6.07 Å². The summed E-state index contributed by atoms with van der Waals surface area (Å²) in [5, 5.41) is 0. The minimum atomic E-state index is -3.73. The van der Waals surface area contributed by atoms with Gasteiger partial charge in [-0.2, -0.15) is 0 Å². The van der Waals surface area contributed by atoms with Gasteiger partial charge < -0.3 is 10.5 Å². The zero-order valence-corrected chi connectivity index (χ0v) is 14.2. The average molecular weight is 354 g/mol. The van der Waals surface area contributed by atoms with Crippen LogP contribution in [-0.2, 0) is 16.6 Å². The number of anilines is 2. The normalized spacial score (nSPS) is 11.0. The number of nitrogens with one attached hydrogen (secondary N) is 1. The highest BCUT2D eigenvalue weighted by atomic mass is 32.2. The van der Waals surface area contributed by atoms with Crippen LogP contribution in [0.15, 0.2) is 83.8 Å². The average Bonchev–Trinajstić information content (AvgIpc) is 2.62. The molecular weight excluding hydrogens is 336 g/mol. The number of sulfonamides is 1. The van der Waals surface area contributed by atoms with Crippen LogP contribution in [0.3, 0.4) is 0 Å². The van der Waals surface area contributed by atoms with Gasteiger partial charge in [0.25, 0.3) is 10.0 Å². The van der Waals surface area contributed by atoms with Crippen LogP contribution >= 0.6 is 0 Å². The van der Waals surface area contributed by atoms with Crippen molar-refractivity contribution in [2.24, 2.45) is 0 Å². The summed E-state index contributed by atoms with van der Waals surface area (Å²) in [6.45, 7) is 0.451. The van der Waals surface area contributed by atoms with Gasteiger partial charge in [0.15, 0.2) is 0 Å². The van der Waals surface area contributed by atoms with Crippen molar-refractivity contribution >= 4 is 21.4 Å². The fourth-order valence-corrected chi connectivity index (χ4v) is 3.49. The lowest BCUT2D eigenvalue weighted by molar-refractivity contribution is 0.306. The molecule has 0 unspecified atom stereocenters. The number of hydrogen-bond acceptors (Lipinski definition) is 4. The molecule has 0 aliphatic heterocycles. The van der Waals surface area contributed by atoms with Gasteiger partial charge in [0.1, 0.15) is 17.3 Å². The highest BCUT2D eigenvalue weighted by molar-refractivity contribution is 7.92. The van der Waals surface area contributed by atoms with Gasteiger partial charge in [0.05, 0.1) is 5.69 Å². The Hall–Kier alpha value is -2.99. The third kappa shape index (κ3) is 4.30. The van der Waals surface area contributed by atoms with Crippen LogP contribution in [0, 0.1) is 0 Å². The monoisotopic (exact) mass is 354 g/mol. The summed E-state index contributed by atoms with van der Waals surface area (Å²) >= 11 is 0. The largest absolute Gasteiger partial charge is 0.489 e. The number of nitrogens with two attached hydrogens (primary N) is 1. The van der Waals surface area contributed by atoms with E-state index in [-0.39, 0.29) is 10.6 Å². The molecule has 0 amide bonds. The fraction of sp³-hybridized carbons (Fsp3) is 0.0526. The van der Waals surface area contributed by atoms with Crippen LogP contribution < -0.4 is 15.2 Å². The van der Waals surface area contributed by atoms with Crippen LogP contribution in [-0.4, -0.2) is 8.42 Å². The fourth-order valence-electron chi connectivity index (χ4n) is 2.30. The molecule has 0 saturated heterocycles. The van der Waals surface area contributed by atoms with Crippen molar-refractivity contribution in [2.45, 2.75) is 11.5 Å². The van der Waals surface area contributed by atoms with Crippen LogP contribution in [0.25, 0.3) is 0 Å². The summed E-state index contributed by atoms with van der Waals surface area (Å²) in [6, 6.07) is 22.9. The lowest BCUT2D eigenvalue weighted by Crippen LogP contribution is -2.14. The zero-order valence-electron chi connectivity index (χ0n) is 13.4.